The summed E-state index contributed by atoms with van der Waals surface area (Å²) in [5.74, 6) is 1.54. The third-order valence-electron chi connectivity index (χ3n) is 3.44. The van der Waals surface area contributed by atoms with Crippen LogP contribution in [0.25, 0.3) is 11.0 Å². The van der Waals surface area contributed by atoms with Crippen molar-refractivity contribution >= 4 is 22.6 Å². The van der Waals surface area contributed by atoms with E-state index in [1.54, 1.807) is 18.6 Å². The molecule has 0 fully saturated rings. The van der Waals surface area contributed by atoms with Gasteiger partial charge in [0.15, 0.2) is 0 Å². The molecule has 0 aromatic carbocycles. The number of halogens is 1. The van der Waals surface area contributed by atoms with Crippen molar-refractivity contribution in [2.75, 3.05) is 5.88 Å². The molecule has 3 rings (SSSR count). The van der Waals surface area contributed by atoms with Gasteiger partial charge in [0.1, 0.15) is 11.3 Å². The van der Waals surface area contributed by atoms with Crippen LogP contribution in [0.3, 0.4) is 0 Å². The zero-order chi connectivity index (χ0) is 13.9. The van der Waals surface area contributed by atoms with E-state index in [4.69, 9.17) is 11.6 Å². The Morgan fingerprint density at radius 2 is 2.05 bits per heavy atom. The number of aryl methyl sites for hydroxylation is 1. The molecule has 0 N–H and O–H groups in total. The molecule has 3 aromatic rings. The molecule has 1 atom stereocenters. The fraction of sp³-hybridized carbons (Fsp3) is 0.267. The quantitative estimate of drug-likeness (QED) is 0.692. The second-order valence-corrected chi connectivity index (χ2v) is 5.04. The standard InChI is InChI=1S/C15H15ClN4/c1-11(12-3-2-7-17-9-12)20-14-5-8-18-10-13(14)19-15(20)4-6-16/h2-3,5,7-11H,4,6H2,1H3. The number of pyridine rings is 2. The van der Waals surface area contributed by atoms with Crippen LogP contribution in [0.15, 0.2) is 43.0 Å². The lowest BCUT2D eigenvalue weighted by atomic mass is 10.1. The predicted octanol–water partition coefficient (Wildman–Crippen LogP) is 3.22. The summed E-state index contributed by atoms with van der Waals surface area (Å²) >= 11 is 5.90. The zero-order valence-corrected chi connectivity index (χ0v) is 12.0. The second kappa shape index (κ2) is 5.59. The van der Waals surface area contributed by atoms with Crippen LogP contribution in [-0.4, -0.2) is 25.4 Å². The third-order valence-corrected chi connectivity index (χ3v) is 3.63. The first-order valence-electron chi connectivity index (χ1n) is 6.58. The van der Waals surface area contributed by atoms with E-state index in [1.807, 2.05) is 18.3 Å². The first-order valence-corrected chi connectivity index (χ1v) is 7.11. The topological polar surface area (TPSA) is 43.6 Å². The summed E-state index contributed by atoms with van der Waals surface area (Å²) < 4.78 is 2.22. The highest BCUT2D eigenvalue weighted by atomic mass is 35.5. The minimum atomic E-state index is 0.161. The number of imidazole rings is 1. The lowest BCUT2D eigenvalue weighted by Crippen LogP contribution is -2.11. The van der Waals surface area contributed by atoms with E-state index in [0.29, 0.717) is 5.88 Å². The van der Waals surface area contributed by atoms with E-state index >= 15 is 0 Å². The molecule has 102 valence electrons. The Balaban J connectivity index is 2.15. The van der Waals surface area contributed by atoms with Gasteiger partial charge in [-0.05, 0) is 24.6 Å². The maximum absolute atomic E-state index is 5.90. The number of nitrogens with zero attached hydrogens (tertiary/aromatic N) is 4. The van der Waals surface area contributed by atoms with Crippen molar-refractivity contribution in [3.63, 3.8) is 0 Å². The van der Waals surface area contributed by atoms with Gasteiger partial charge < -0.3 is 4.57 Å². The number of aromatic nitrogens is 4. The largest absolute Gasteiger partial charge is 0.320 e. The van der Waals surface area contributed by atoms with Gasteiger partial charge >= 0.3 is 0 Å². The van der Waals surface area contributed by atoms with E-state index < -0.39 is 0 Å². The Kier molecular flexibility index (Phi) is 3.65. The highest BCUT2D eigenvalue weighted by Gasteiger charge is 2.16. The van der Waals surface area contributed by atoms with Crippen LogP contribution >= 0.6 is 11.6 Å². The third kappa shape index (κ3) is 2.27. The first-order chi connectivity index (χ1) is 9.81. The van der Waals surface area contributed by atoms with Crippen LogP contribution in [0.4, 0.5) is 0 Å². The van der Waals surface area contributed by atoms with Crippen molar-refractivity contribution in [1.82, 2.24) is 19.5 Å². The number of hydrogen-bond donors (Lipinski definition) is 0. The van der Waals surface area contributed by atoms with E-state index in [-0.39, 0.29) is 6.04 Å². The van der Waals surface area contributed by atoms with Gasteiger partial charge in [0.2, 0.25) is 0 Å². The molecule has 4 nitrogen and oxygen atoms in total. The molecule has 0 spiro atoms. The lowest BCUT2D eigenvalue weighted by Gasteiger charge is -2.17. The highest BCUT2D eigenvalue weighted by Crippen LogP contribution is 2.25. The van der Waals surface area contributed by atoms with E-state index in [0.717, 1.165) is 28.8 Å². The van der Waals surface area contributed by atoms with E-state index in [2.05, 4.69) is 32.5 Å². The van der Waals surface area contributed by atoms with Crippen LogP contribution in [0, 0.1) is 0 Å². The van der Waals surface area contributed by atoms with Crippen molar-refractivity contribution < 1.29 is 0 Å². The van der Waals surface area contributed by atoms with Crippen molar-refractivity contribution in [3.8, 4) is 0 Å². The van der Waals surface area contributed by atoms with E-state index in [9.17, 15) is 0 Å². The van der Waals surface area contributed by atoms with Gasteiger partial charge in [0, 0.05) is 30.9 Å². The van der Waals surface area contributed by atoms with Gasteiger partial charge in [-0.25, -0.2) is 4.98 Å². The minimum absolute atomic E-state index is 0.161. The van der Waals surface area contributed by atoms with Gasteiger partial charge in [-0.2, -0.15) is 0 Å². The molecule has 3 heterocycles. The molecule has 20 heavy (non-hydrogen) atoms. The Bertz CT molecular complexity index is 708. The van der Waals surface area contributed by atoms with Crippen LogP contribution < -0.4 is 0 Å². The molecule has 3 aromatic heterocycles. The molecular formula is C15H15ClN4. The Morgan fingerprint density at radius 3 is 2.80 bits per heavy atom. The number of hydrogen-bond acceptors (Lipinski definition) is 3. The molecule has 5 heteroatoms. The molecule has 0 saturated heterocycles. The summed E-state index contributed by atoms with van der Waals surface area (Å²) in [7, 11) is 0. The van der Waals surface area contributed by atoms with Crippen LogP contribution in [0.2, 0.25) is 0 Å². The van der Waals surface area contributed by atoms with Crippen molar-refractivity contribution in [2.45, 2.75) is 19.4 Å². The normalized spacial score (nSPS) is 12.7. The van der Waals surface area contributed by atoms with Gasteiger partial charge in [0.25, 0.3) is 0 Å². The average molecular weight is 287 g/mol. The predicted molar refractivity (Wildman–Crippen MR) is 80.0 cm³/mol. The monoisotopic (exact) mass is 286 g/mol. The maximum atomic E-state index is 5.90. The first kappa shape index (κ1) is 13.1. The van der Waals surface area contributed by atoms with E-state index in [1.165, 1.54) is 0 Å². The molecular weight excluding hydrogens is 272 g/mol. The van der Waals surface area contributed by atoms with Gasteiger partial charge in [-0.1, -0.05) is 6.07 Å². The van der Waals surface area contributed by atoms with Crippen LogP contribution in [0.1, 0.15) is 24.4 Å². The van der Waals surface area contributed by atoms with Crippen molar-refractivity contribution in [1.29, 1.82) is 0 Å². The number of fused-ring (bicyclic) bond motifs is 1. The Labute approximate surface area is 122 Å². The molecule has 0 aliphatic rings. The van der Waals surface area contributed by atoms with Gasteiger partial charge in [-0.15, -0.1) is 11.6 Å². The fourth-order valence-electron chi connectivity index (χ4n) is 2.47. The second-order valence-electron chi connectivity index (χ2n) is 4.66. The average Bonchev–Trinajstić information content (AvgIpc) is 2.86. The fourth-order valence-corrected chi connectivity index (χ4v) is 2.63. The summed E-state index contributed by atoms with van der Waals surface area (Å²) in [4.78, 5) is 13.0. The molecule has 0 aliphatic carbocycles. The van der Waals surface area contributed by atoms with Gasteiger partial charge in [0.05, 0.1) is 17.8 Å². The lowest BCUT2D eigenvalue weighted by molar-refractivity contribution is 0.621. The molecule has 0 saturated carbocycles. The zero-order valence-electron chi connectivity index (χ0n) is 11.2. The molecule has 1 unspecified atom stereocenters. The molecule has 0 bridgehead atoms. The summed E-state index contributed by atoms with van der Waals surface area (Å²) in [5, 5.41) is 0. The summed E-state index contributed by atoms with van der Waals surface area (Å²) in [6.45, 7) is 2.15. The Morgan fingerprint density at radius 1 is 1.20 bits per heavy atom. The highest BCUT2D eigenvalue weighted by molar-refractivity contribution is 6.17. The summed E-state index contributed by atoms with van der Waals surface area (Å²) in [6.07, 6.45) is 8.00. The van der Waals surface area contributed by atoms with Crippen molar-refractivity contribution in [3.05, 3.63) is 54.4 Å². The van der Waals surface area contributed by atoms with Crippen molar-refractivity contribution in [2.24, 2.45) is 0 Å². The SMILES string of the molecule is CC(c1cccnc1)n1c(CCCl)nc2cnccc21. The smallest absolute Gasteiger partial charge is 0.111 e. The number of rotatable bonds is 4. The van der Waals surface area contributed by atoms with Gasteiger partial charge in [-0.3, -0.25) is 9.97 Å². The van der Waals surface area contributed by atoms with Crippen LogP contribution in [-0.2, 0) is 6.42 Å². The number of alkyl halides is 1. The summed E-state index contributed by atoms with van der Waals surface area (Å²) in [6, 6.07) is 6.19. The Hall–Kier alpha value is -1.94. The molecule has 0 radical (unpaired) electrons. The minimum Gasteiger partial charge on any atom is -0.320 e. The summed E-state index contributed by atoms with van der Waals surface area (Å²) in [5.41, 5.74) is 3.14. The maximum Gasteiger partial charge on any atom is 0.111 e. The molecule has 0 amide bonds. The van der Waals surface area contributed by atoms with Crippen LogP contribution in [0.5, 0.6) is 0 Å². The molecule has 0 aliphatic heterocycles.